The predicted octanol–water partition coefficient (Wildman–Crippen LogP) is 4.98. The molecule has 3 rings (SSSR count). The summed E-state index contributed by atoms with van der Waals surface area (Å²) in [6, 6.07) is 5.06. The molecule has 0 spiro atoms. The molecule has 2 heterocycles. The Labute approximate surface area is 192 Å². The van der Waals surface area contributed by atoms with Gasteiger partial charge in [-0.15, -0.1) is 21.5 Å². The lowest BCUT2D eigenvalue weighted by atomic mass is 10.1. The van der Waals surface area contributed by atoms with Gasteiger partial charge in [-0.05, 0) is 44.5 Å². The molecule has 0 bridgehead atoms. The van der Waals surface area contributed by atoms with Gasteiger partial charge >= 0.3 is 5.97 Å². The molecule has 8 nitrogen and oxygen atoms in total. The molecule has 1 amide bonds. The molecule has 0 atom stereocenters. The van der Waals surface area contributed by atoms with E-state index in [0.717, 1.165) is 22.2 Å². The van der Waals surface area contributed by atoms with Crippen LogP contribution >= 0.6 is 34.7 Å². The van der Waals surface area contributed by atoms with E-state index in [1.807, 2.05) is 13.8 Å². The minimum Gasteiger partial charge on any atom is -0.496 e. The molecule has 0 radical (unpaired) electrons. The number of thiophene rings is 1. The van der Waals surface area contributed by atoms with Gasteiger partial charge < -0.3 is 19.2 Å². The number of hydrogen-bond donors (Lipinski definition) is 1. The van der Waals surface area contributed by atoms with Gasteiger partial charge in [0.25, 0.3) is 11.1 Å². The zero-order valence-electron chi connectivity index (χ0n) is 17.3. The van der Waals surface area contributed by atoms with Crippen LogP contribution in [0.15, 0.2) is 27.8 Å². The van der Waals surface area contributed by atoms with Crippen LogP contribution in [0.4, 0.5) is 5.00 Å². The lowest BCUT2D eigenvalue weighted by Gasteiger charge is -2.06. The first-order chi connectivity index (χ1) is 14.8. The monoisotopic (exact) mass is 481 g/mol. The fourth-order valence-electron chi connectivity index (χ4n) is 2.68. The van der Waals surface area contributed by atoms with Crippen molar-refractivity contribution in [3.8, 4) is 17.2 Å². The van der Waals surface area contributed by atoms with Crippen molar-refractivity contribution in [1.82, 2.24) is 10.2 Å². The van der Waals surface area contributed by atoms with E-state index in [9.17, 15) is 9.59 Å². The molecule has 31 heavy (non-hydrogen) atoms. The molecule has 2 aromatic heterocycles. The number of nitrogens with one attached hydrogen (secondary N) is 1. The highest BCUT2D eigenvalue weighted by molar-refractivity contribution is 7.99. The van der Waals surface area contributed by atoms with E-state index < -0.39 is 5.97 Å². The second-order valence-electron chi connectivity index (χ2n) is 6.26. The minimum atomic E-state index is -0.454. The van der Waals surface area contributed by atoms with Gasteiger partial charge in [-0.25, -0.2) is 4.79 Å². The van der Waals surface area contributed by atoms with Crippen LogP contribution in [0.3, 0.4) is 0 Å². The molecule has 0 aliphatic heterocycles. The number of esters is 1. The van der Waals surface area contributed by atoms with Crippen LogP contribution in [0.2, 0.25) is 5.02 Å². The van der Waals surface area contributed by atoms with Gasteiger partial charge in [-0.2, -0.15) is 0 Å². The Kier molecular flexibility index (Phi) is 7.58. The van der Waals surface area contributed by atoms with Crippen LogP contribution < -0.4 is 10.1 Å². The SMILES string of the molecule is CCOC(=O)c1c(NC(=O)CSc2nnc(-c3cc(Cl)ccc3OC)o2)sc(C)c1C. The number of anilines is 1. The number of rotatable bonds is 8. The summed E-state index contributed by atoms with van der Waals surface area (Å²) in [7, 11) is 1.53. The number of hydrogen-bond acceptors (Lipinski definition) is 9. The highest BCUT2D eigenvalue weighted by atomic mass is 35.5. The maximum atomic E-state index is 12.5. The standard InChI is InChI=1S/C20H20ClN3O5S2/c1-5-28-19(26)16-10(2)11(3)31-18(16)22-15(25)9-30-20-24-23-17(29-20)13-8-12(21)6-7-14(13)27-4/h6-8H,5,9H2,1-4H3,(H,22,25). The first-order valence-electron chi connectivity index (χ1n) is 9.21. The number of carbonyl (C=O) groups is 2. The number of halogens is 1. The number of ether oxygens (including phenoxy) is 2. The van der Waals surface area contributed by atoms with Gasteiger partial charge in [0, 0.05) is 9.90 Å². The molecular weight excluding hydrogens is 462 g/mol. The molecule has 1 N–H and O–H groups in total. The second kappa shape index (κ2) is 10.2. The minimum absolute atomic E-state index is 0.0204. The summed E-state index contributed by atoms with van der Waals surface area (Å²) in [6.07, 6.45) is 0. The van der Waals surface area contributed by atoms with Crippen molar-refractivity contribution in [2.24, 2.45) is 0 Å². The molecule has 3 aromatic rings. The molecule has 0 saturated carbocycles. The number of thioether (sulfide) groups is 1. The molecule has 1 aromatic carbocycles. The summed E-state index contributed by atoms with van der Waals surface area (Å²) in [5, 5.41) is 11.9. The Morgan fingerprint density at radius 2 is 2.06 bits per heavy atom. The van der Waals surface area contributed by atoms with Crippen LogP contribution in [0.1, 0.15) is 27.7 Å². The number of aryl methyl sites for hydroxylation is 1. The average molecular weight is 482 g/mol. The van der Waals surface area contributed by atoms with Crippen molar-refractivity contribution in [1.29, 1.82) is 0 Å². The Bertz CT molecular complexity index is 1110. The molecular formula is C20H20ClN3O5S2. The lowest BCUT2D eigenvalue weighted by Crippen LogP contribution is -2.16. The van der Waals surface area contributed by atoms with E-state index >= 15 is 0 Å². The third-order valence-electron chi connectivity index (χ3n) is 4.24. The lowest BCUT2D eigenvalue weighted by molar-refractivity contribution is -0.113. The number of benzene rings is 1. The van der Waals surface area contributed by atoms with Crippen molar-refractivity contribution in [2.45, 2.75) is 26.0 Å². The zero-order chi connectivity index (χ0) is 22.5. The first kappa shape index (κ1) is 23.1. The van der Waals surface area contributed by atoms with E-state index in [2.05, 4.69) is 15.5 Å². The third-order valence-corrected chi connectivity index (χ3v) is 6.42. The van der Waals surface area contributed by atoms with Crippen LogP contribution in [0, 0.1) is 13.8 Å². The Morgan fingerprint density at radius 1 is 1.29 bits per heavy atom. The Hall–Kier alpha value is -2.56. The molecule has 0 aliphatic carbocycles. The normalized spacial score (nSPS) is 10.7. The predicted molar refractivity (Wildman–Crippen MR) is 120 cm³/mol. The number of nitrogens with zero attached hydrogens (tertiary/aromatic N) is 2. The zero-order valence-corrected chi connectivity index (χ0v) is 19.7. The van der Waals surface area contributed by atoms with E-state index in [-0.39, 0.29) is 29.4 Å². The molecule has 164 valence electrons. The average Bonchev–Trinajstić information content (AvgIpc) is 3.31. The second-order valence-corrected chi connectivity index (χ2v) is 8.85. The van der Waals surface area contributed by atoms with Crippen molar-refractivity contribution in [3.63, 3.8) is 0 Å². The van der Waals surface area contributed by atoms with E-state index in [0.29, 0.717) is 26.9 Å². The highest BCUT2D eigenvalue weighted by Crippen LogP contribution is 2.34. The van der Waals surface area contributed by atoms with Crippen molar-refractivity contribution < 1.29 is 23.5 Å². The summed E-state index contributed by atoms with van der Waals surface area (Å²) in [5.74, 6) is 0.0295. The summed E-state index contributed by atoms with van der Waals surface area (Å²) >= 11 is 8.45. The summed E-state index contributed by atoms with van der Waals surface area (Å²) in [4.78, 5) is 25.6. The highest BCUT2D eigenvalue weighted by Gasteiger charge is 2.22. The fourth-order valence-corrected chi connectivity index (χ4v) is 4.48. The topological polar surface area (TPSA) is 104 Å². The van der Waals surface area contributed by atoms with Crippen LogP contribution in [0.25, 0.3) is 11.5 Å². The van der Waals surface area contributed by atoms with Crippen LogP contribution in [-0.2, 0) is 9.53 Å². The maximum Gasteiger partial charge on any atom is 0.341 e. The number of carbonyl (C=O) groups excluding carboxylic acids is 2. The van der Waals surface area contributed by atoms with Gasteiger partial charge in [0.05, 0.1) is 30.6 Å². The largest absolute Gasteiger partial charge is 0.496 e. The van der Waals surface area contributed by atoms with E-state index in [1.165, 1.54) is 18.4 Å². The third kappa shape index (κ3) is 5.38. The van der Waals surface area contributed by atoms with Crippen molar-refractivity contribution in [2.75, 3.05) is 24.8 Å². The van der Waals surface area contributed by atoms with Gasteiger partial charge in [0.2, 0.25) is 5.91 Å². The molecule has 0 fully saturated rings. The van der Waals surface area contributed by atoms with Gasteiger partial charge in [-0.3, -0.25) is 4.79 Å². The molecule has 0 unspecified atom stereocenters. The van der Waals surface area contributed by atoms with Gasteiger partial charge in [0.1, 0.15) is 10.8 Å². The fraction of sp³-hybridized carbons (Fsp3) is 0.300. The van der Waals surface area contributed by atoms with Crippen molar-refractivity contribution in [3.05, 3.63) is 39.2 Å². The van der Waals surface area contributed by atoms with E-state index in [1.54, 1.807) is 25.1 Å². The summed E-state index contributed by atoms with van der Waals surface area (Å²) < 4.78 is 16.0. The summed E-state index contributed by atoms with van der Waals surface area (Å²) in [6.45, 7) is 5.70. The molecule has 0 aliphatic rings. The smallest absolute Gasteiger partial charge is 0.341 e. The first-order valence-corrected chi connectivity index (χ1v) is 11.4. The summed E-state index contributed by atoms with van der Waals surface area (Å²) in [5.41, 5.74) is 1.74. The van der Waals surface area contributed by atoms with Crippen LogP contribution in [0.5, 0.6) is 5.75 Å². The maximum absolute atomic E-state index is 12.5. The van der Waals surface area contributed by atoms with Crippen LogP contribution in [-0.4, -0.2) is 41.5 Å². The molecule has 0 saturated heterocycles. The Balaban J connectivity index is 1.68. The number of amides is 1. The molecule has 11 heteroatoms. The van der Waals surface area contributed by atoms with Gasteiger partial charge in [0.15, 0.2) is 0 Å². The number of aromatic nitrogens is 2. The van der Waals surface area contributed by atoms with Crippen molar-refractivity contribution >= 4 is 51.6 Å². The number of methoxy groups -OCH3 is 1. The Morgan fingerprint density at radius 3 is 2.77 bits per heavy atom. The quantitative estimate of drug-likeness (QED) is 0.354. The van der Waals surface area contributed by atoms with Gasteiger partial charge in [-0.1, -0.05) is 23.4 Å². The van der Waals surface area contributed by atoms with E-state index in [4.69, 9.17) is 25.5 Å².